The highest BCUT2D eigenvalue weighted by Crippen LogP contribution is 2.26. The standard InChI is InChI=1S/C16H21N3O5/c1-2-18(10-16(21)22)13-8-12(9-13)17-15(20)7-11-5-3-4-6-14(11)19(23)24/h3-6,12-13H,2,7-10H2,1H3,(H,17,20)(H,21,22). The summed E-state index contributed by atoms with van der Waals surface area (Å²) in [5.74, 6) is -1.12. The van der Waals surface area contributed by atoms with Crippen LogP contribution < -0.4 is 5.32 Å². The average Bonchev–Trinajstić information content (AvgIpc) is 2.48. The second-order valence-corrected chi connectivity index (χ2v) is 5.91. The van der Waals surface area contributed by atoms with Gasteiger partial charge in [0.2, 0.25) is 5.91 Å². The minimum atomic E-state index is -0.860. The lowest BCUT2D eigenvalue weighted by atomic mass is 9.85. The van der Waals surface area contributed by atoms with Gasteiger partial charge in [0, 0.05) is 23.7 Å². The molecule has 1 saturated carbocycles. The number of hydrogen-bond acceptors (Lipinski definition) is 5. The molecule has 2 N–H and O–H groups in total. The van der Waals surface area contributed by atoms with Gasteiger partial charge in [-0.2, -0.15) is 0 Å². The highest BCUT2D eigenvalue weighted by atomic mass is 16.6. The Balaban J connectivity index is 1.83. The number of amides is 1. The van der Waals surface area contributed by atoms with E-state index in [1.165, 1.54) is 6.07 Å². The topological polar surface area (TPSA) is 113 Å². The van der Waals surface area contributed by atoms with E-state index < -0.39 is 10.9 Å². The molecule has 0 atom stereocenters. The molecule has 1 amide bonds. The molecule has 0 aliphatic heterocycles. The molecule has 0 bridgehead atoms. The molecule has 24 heavy (non-hydrogen) atoms. The number of nitro groups is 1. The summed E-state index contributed by atoms with van der Waals surface area (Å²) in [4.78, 5) is 35.2. The molecular formula is C16H21N3O5. The maximum atomic E-state index is 12.1. The summed E-state index contributed by atoms with van der Waals surface area (Å²) in [5, 5.41) is 22.7. The number of carboxylic acids is 1. The van der Waals surface area contributed by atoms with Gasteiger partial charge in [-0.05, 0) is 19.4 Å². The van der Waals surface area contributed by atoms with Crippen LogP contribution in [0.15, 0.2) is 24.3 Å². The quantitative estimate of drug-likeness (QED) is 0.545. The normalized spacial score (nSPS) is 19.6. The first-order valence-corrected chi connectivity index (χ1v) is 7.88. The van der Waals surface area contributed by atoms with E-state index in [-0.39, 0.29) is 36.6 Å². The van der Waals surface area contributed by atoms with E-state index in [1.807, 2.05) is 11.8 Å². The number of likely N-dealkylation sites (N-methyl/N-ethyl adjacent to an activating group) is 1. The van der Waals surface area contributed by atoms with Crippen LogP contribution in [0.2, 0.25) is 0 Å². The third-order valence-corrected chi connectivity index (χ3v) is 4.28. The minimum absolute atomic E-state index is 0.00194. The number of hydrogen-bond donors (Lipinski definition) is 2. The van der Waals surface area contributed by atoms with Gasteiger partial charge >= 0.3 is 5.97 Å². The van der Waals surface area contributed by atoms with Crippen molar-refractivity contribution in [3.05, 3.63) is 39.9 Å². The molecule has 0 unspecified atom stereocenters. The number of nitro benzene ring substituents is 1. The lowest BCUT2D eigenvalue weighted by Gasteiger charge is -2.42. The van der Waals surface area contributed by atoms with E-state index in [0.29, 0.717) is 24.9 Å². The first kappa shape index (κ1) is 17.9. The summed E-state index contributed by atoms with van der Waals surface area (Å²) in [6.45, 7) is 2.55. The molecule has 8 nitrogen and oxygen atoms in total. The number of carboxylic acid groups (broad SMARTS) is 1. The van der Waals surface area contributed by atoms with Crippen molar-refractivity contribution in [2.75, 3.05) is 13.1 Å². The van der Waals surface area contributed by atoms with Crippen molar-refractivity contribution in [2.45, 2.75) is 38.3 Å². The summed E-state index contributed by atoms with van der Waals surface area (Å²) in [5.41, 5.74) is 0.328. The van der Waals surface area contributed by atoms with E-state index in [9.17, 15) is 19.7 Å². The Kier molecular flexibility index (Phi) is 5.86. The molecule has 0 saturated heterocycles. The zero-order valence-electron chi connectivity index (χ0n) is 13.5. The first-order chi connectivity index (χ1) is 11.4. The number of nitrogens with one attached hydrogen (secondary N) is 1. The van der Waals surface area contributed by atoms with Crippen LogP contribution in [0.4, 0.5) is 5.69 Å². The fraction of sp³-hybridized carbons (Fsp3) is 0.500. The number of carbonyl (C=O) groups is 2. The van der Waals surface area contributed by atoms with Crippen molar-refractivity contribution < 1.29 is 19.6 Å². The molecule has 130 valence electrons. The van der Waals surface area contributed by atoms with Crippen molar-refractivity contribution in [3.63, 3.8) is 0 Å². The van der Waals surface area contributed by atoms with E-state index in [2.05, 4.69) is 5.32 Å². The molecule has 1 aromatic rings. The third-order valence-electron chi connectivity index (χ3n) is 4.28. The molecule has 1 aliphatic carbocycles. The van der Waals surface area contributed by atoms with E-state index >= 15 is 0 Å². The van der Waals surface area contributed by atoms with Gasteiger partial charge in [-0.15, -0.1) is 0 Å². The highest BCUT2D eigenvalue weighted by Gasteiger charge is 2.34. The largest absolute Gasteiger partial charge is 0.480 e. The van der Waals surface area contributed by atoms with Crippen LogP contribution in [-0.4, -0.2) is 52.0 Å². The van der Waals surface area contributed by atoms with Gasteiger partial charge in [0.25, 0.3) is 5.69 Å². The average molecular weight is 335 g/mol. The first-order valence-electron chi connectivity index (χ1n) is 7.88. The zero-order valence-corrected chi connectivity index (χ0v) is 13.5. The maximum Gasteiger partial charge on any atom is 0.317 e. The van der Waals surface area contributed by atoms with E-state index in [1.54, 1.807) is 18.2 Å². The van der Waals surface area contributed by atoms with Gasteiger partial charge in [-0.1, -0.05) is 25.1 Å². The highest BCUT2D eigenvalue weighted by molar-refractivity contribution is 5.80. The molecule has 1 aliphatic rings. The molecule has 2 rings (SSSR count). The fourth-order valence-corrected chi connectivity index (χ4v) is 2.97. The maximum absolute atomic E-state index is 12.1. The number of aliphatic carboxylic acids is 1. The van der Waals surface area contributed by atoms with Crippen LogP contribution in [0.5, 0.6) is 0 Å². The van der Waals surface area contributed by atoms with E-state index in [4.69, 9.17) is 5.11 Å². The smallest absolute Gasteiger partial charge is 0.317 e. The summed E-state index contributed by atoms with van der Waals surface area (Å²) in [6, 6.07) is 6.34. The molecule has 0 spiro atoms. The number of para-hydroxylation sites is 1. The molecule has 1 fully saturated rings. The summed E-state index contributed by atoms with van der Waals surface area (Å²) in [6.07, 6.45) is 1.36. The predicted octanol–water partition coefficient (Wildman–Crippen LogP) is 1.19. The van der Waals surface area contributed by atoms with Gasteiger partial charge in [0.15, 0.2) is 0 Å². The van der Waals surface area contributed by atoms with Crippen molar-refractivity contribution in [1.29, 1.82) is 0 Å². The zero-order chi connectivity index (χ0) is 17.7. The molecule has 0 aromatic heterocycles. The fourth-order valence-electron chi connectivity index (χ4n) is 2.97. The Hall–Kier alpha value is -2.48. The second kappa shape index (κ2) is 7.87. The monoisotopic (exact) mass is 335 g/mol. The van der Waals surface area contributed by atoms with Crippen LogP contribution in [-0.2, 0) is 16.0 Å². The Bertz CT molecular complexity index is 628. The predicted molar refractivity (Wildman–Crippen MR) is 86.6 cm³/mol. The molecular weight excluding hydrogens is 314 g/mol. The SMILES string of the molecule is CCN(CC(=O)O)C1CC(NC(=O)Cc2ccccc2[N+](=O)[O-])C1. The van der Waals surface area contributed by atoms with Crippen molar-refractivity contribution in [1.82, 2.24) is 10.2 Å². The Labute approximate surface area is 139 Å². The molecule has 0 radical (unpaired) electrons. The van der Waals surface area contributed by atoms with Crippen molar-refractivity contribution in [3.8, 4) is 0 Å². The van der Waals surface area contributed by atoms with Gasteiger partial charge < -0.3 is 10.4 Å². The lowest BCUT2D eigenvalue weighted by molar-refractivity contribution is -0.385. The van der Waals surface area contributed by atoms with Gasteiger partial charge in [0.1, 0.15) is 0 Å². The van der Waals surface area contributed by atoms with Crippen LogP contribution >= 0.6 is 0 Å². The Morgan fingerprint density at radius 3 is 2.62 bits per heavy atom. The number of nitrogens with zero attached hydrogens (tertiary/aromatic N) is 2. The van der Waals surface area contributed by atoms with Crippen LogP contribution in [0.1, 0.15) is 25.3 Å². The lowest BCUT2D eigenvalue weighted by Crippen LogP contribution is -2.55. The number of carbonyl (C=O) groups excluding carboxylic acids is 1. The van der Waals surface area contributed by atoms with Gasteiger partial charge in [0.05, 0.1) is 17.9 Å². The van der Waals surface area contributed by atoms with Crippen molar-refractivity contribution in [2.24, 2.45) is 0 Å². The molecule has 8 heteroatoms. The minimum Gasteiger partial charge on any atom is -0.480 e. The summed E-state index contributed by atoms with van der Waals surface area (Å²) in [7, 11) is 0. The number of benzene rings is 1. The summed E-state index contributed by atoms with van der Waals surface area (Å²) < 4.78 is 0. The third kappa shape index (κ3) is 4.51. The van der Waals surface area contributed by atoms with Crippen LogP contribution in [0, 0.1) is 10.1 Å². The Morgan fingerprint density at radius 1 is 1.38 bits per heavy atom. The molecule has 0 heterocycles. The number of rotatable bonds is 8. The van der Waals surface area contributed by atoms with Gasteiger partial charge in [-0.3, -0.25) is 24.6 Å². The molecule has 1 aromatic carbocycles. The summed E-state index contributed by atoms with van der Waals surface area (Å²) >= 11 is 0. The second-order valence-electron chi connectivity index (χ2n) is 5.91. The van der Waals surface area contributed by atoms with Crippen LogP contribution in [0.3, 0.4) is 0 Å². The Morgan fingerprint density at radius 2 is 2.04 bits per heavy atom. The van der Waals surface area contributed by atoms with Gasteiger partial charge in [-0.25, -0.2) is 0 Å². The van der Waals surface area contributed by atoms with E-state index in [0.717, 1.165) is 0 Å². The van der Waals surface area contributed by atoms with Crippen LogP contribution in [0.25, 0.3) is 0 Å². The van der Waals surface area contributed by atoms with Crippen molar-refractivity contribution >= 4 is 17.6 Å².